The second kappa shape index (κ2) is 4.72. The van der Waals surface area contributed by atoms with Crippen LogP contribution in [0.4, 0.5) is 18.9 Å². The van der Waals surface area contributed by atoms with Gasteiger partial charge in [0.05, 0.1) is 5.56 Å². The molecule has 0 saturated heterocycles. The van der Waals surface area contributed by atoms with Crippen molar-refractivity contribution in [3.8, 4) is 0 Å². The number of alkyl halides is 3. The molecule has 0 radical (unpaired) electrons. The number of hydrogen-bond acceptors (Lipinski definition) is 3. The Morgan fingerprint density at radius 2 is 1.89 bits per heavy atom. The Kier molecular flexibility index (Phi) is 3.25. The summed E-state index contributed by atoms with van der Waals surface area (Å²) in [5.74, 6) is -0.805. The quantitative estimate of drug-likeness (QED) is 0.671. The van der Waals surface area contributed by atoms with Crippen molar-refractivity contribution >= 4 is 11.5 Å². The fourth-order valence-electron chi connectivity index (χ4n) is 1.63. The molecule has 2 N–H and O–H groups in total. The van der Waals surface area contributed by atoms with Crippen molar-refractivity contribution in [1.82, 2.24) is 4.98 Å². The Bertz CT molecular complexity index is 609. The minimum atomic E-state index is -4.62. The first-order valence-corrected chi connectivity index (χ1v) is 5.32. The van der Waals surface area contributed by atoms with Crippen LogP contribution in [0.2, 0.25) is 0 Å². The van der Waals surface area contributed by atoms with E-state index in [9.17, 15) is 18.0 Å². The number of benzene rings is 1. The van der Waals surface area contributed by atoms with Gasteiger partial charge in [-0.05, 0) is 30.3 Å². The van der Waals surface area contributed by atoms with Crippen LogP contribution in [0.1, 0.15) is 21.6 Å². The zero-order valence-corrected chi connectivity index (χ0v) is 9.61. The first-order chi connectivity index (χ1) is 8.89. The molecule has 2 rings (SSSR count). The molecule has 0 aliphatic carbocycles. The Balaban J connectivity index is 2.56. The average molecular weight is 266 g/mol. The molecule has 0 spiro atoms. The van der Waals surface area contributed by atoms with E-state index in [1.54, 1.807) is 6.07 Å². The molecule has 6 heteroatoms. The van der Waals surface area contributed by atoms with Crippen molar-refractivity contribution in [2.75, 3.05) is 5.73 Å². The smallest absolute Gasteiger partial charge is 0.399 e. The second-order valence-electron chi connectivity index (χ2n) is 3.85. The molecule has 0 saturated carbocycles. The first-order valence-electron chi connectivity index (χ1n) is 5.32. The topological polar surface area (TPSA) is 56.0 Å². The van der Waals surface area contributed by atoms with Gasteiger partial charge in [-0.3, -0.25) is 9.78 Å². The Morgan fingerprint density at radius 1 is 1.16 bits per heavy atom. The summed E-state index contributed by atoms with van der Waals surface area (Å²) < 4.78 is 38.5. The number of rotatable bonds is 2. The summed E-state index contributed by atoms with van der Waals surface area (Å²) in [5, 5.41) is 0. The molecule has 98 valence electrons. The van der Waals surface area contributed by atoms with E-state index in [0.29, 0.717) is 0 Å². The maximum atomic E-state index is 12.8. The van der Waals surface area contributed by atoms with Crippen molar-refractivity contribution in [1.29, 1.82) is 0 Å². The van der Waals surface area contributed by atoms with E-state index in [-0.39, 0.29) is 11.4 Å². The summed E-state index contributed by atoms with van der Waals surface area (Å²) >= 11 is 0. The van der Waals surface area contributed by atoms with Gasteiger partial charge in [0.1, 0.15) is 5.69 Å². The summed E-state index contributed by atoms with van der Waals surface area (Å²) in [6, 6.07) is 7.37. The van der Waals surface area contributed by atoms with Crippen LogP contribution in [0.5, 0.6) is 0 Å². The van der Waals surface area contributed by atoms with Gasteiger partial charge in [-0.15, -0.1) is 0 Å². The number of anilines is 1. The number of aromatic nitrogens is 1. The third-order valence-electron chi connectivity index (χ3n) is 2.49. The normalized spacial score (nSPS) is 11.3. The minimum absolute atomic E-state index is 0.0569. The molecule has 3 nitrogen and oxygen atoms in total. The molecule has 1 aromatic carbocycles. The van der Waals surface area contributed by atoms with Crippen molar-refractivity contribution < 1.29 is 18.0 Å². The van der Waals surface area contributed by atoms with E-state index >= 15 is 0 Å². The molecule has 0 atom stereocenters. The van der Waals surface area contributed by atoms with Crippen LogP contribution in [-0.2, 0) is 6.18 Å². The minimum Gasteiger partial charge on any atom is -0.399 e. The highest BCUT2D eigenvalue weighted by molar-refractivity contribution is 6.09. The van der Waals surface area contributed by atoms with Gasteiger partial charge in [0, 0.05) is 17.4 Å². The predicted molar refractivity (Wildman–Crippen MR) is 63.5 cm³/mol. The molecular formula is C13H9F3N2O. The lowest BCUT2D eigenvalue weighted by Crippen LogP contribution is -2.15. The molecule has 1 aromatic heterocycles. The summed E-state index contributed by atoms with van der Waals surface area (Å²) in [6.45, 7) is 0. The van der Waals surface area contributed by atoms with Gasteiger partial charge in [0.25, 0.3) is 0 Å². The fourth-order valence-corrected chi connectivity index (χ4v) is 1.63. The second-order valence-corrected chi connectivity index (χ2v) is 3.85. The predicted octanol–water partition coefficient (Wildman–Crippen LogP) is 2.91. The van der Waals surface area contributed by atoms with E-state index in [2.05, 4.69) is 4.98 Å². The number of carbonyl (C=O) groups excluding carboxylic acids is 1. The first kappa shape index (κ1) is 13.1. The maximum Gasteiger partial charge on any atom is 0.417 e. The van der Waals surface area contributed by atoms with Gasteiger partial charge in [0.15, 0.2) is 0 Å². The standard InChI is InChI=1S/C13H9F3N2O/c14-13(15,16)10-5-4-8(17)7-9(10)12(19)11-3-1-2-6-18-11/h1-7H,17H2. The highest BCUT2D eigenvalue weighted by atomic mass is 19.4. The van der Waals surface area contributed by atoms with Crippen molar-refractivity contribution in [3.63, 3.8) is 0 Å². The molecule has 0 unspecified atom stereocenters. The third kappa shape index (κ3) is 2.73. The Hall–Kier alpha value is -2.37. The molecule has 0 fully saturated rings. The van der Waals surface area contributed by atoms with Crippen LogP contribution in [0.3, 0.4) is 0 Å². The van der Waals surface area contributed by atoms with Crippen LogP contribution in [-0.4, -0.2) is 10.8 Å². The number of nitrogen functional groups attached to an aromatic ring is 1. The van der Waals surface area contributed by atoms with Gasteiger partial charge in [-0.25, -0.2) is 0 Å². The van der Waals surface area contributed by atoms with E-state index in [0.717, 1.165) is 18.2 Å². The molecule has 0 amide bonds. The number of ketones is 1. The summed E-state index contributed by atoms with van der Waals surface area (Å²) in [5.41, 5.74) is 3.97. The highest BCUT2D eigenvalue weighted by Crippen LogP contribution is 2.33. The number of hydrogen-bond donors (Lipinski definition) is 1. The lowest BCUT2D eigenvalue weighted by Gasteiger charge is -2.12. The molecule has 19 heavy (non-hydrogen) atoms. The zero-order valence-electron chi connectivity index (χ0n) is 9.61. The van der Waals surface area contributed by atoms with Crippen LogP contribution < -0.4 is 5.73 Å². The molecule has 1 heterocycles. The molecular weight excluding hydrogens is 257 g/mol. The lowest BCUT2D eigenvalue weighted by molar-refractivity contribution is -0.137. The number of nitrogens with two attached hydrogens (primary N) is 1. The van der Waals surface area contributed by atoms with Gasteiger partial charge in [-0.1, -0.05) is 6.07 Å². The molecule has 0 aliphatic rings. The third-order valence-corrected chi connectivity index (χ3v) is 2.49. The maximum absolute atomic E-state index is 12.8. The van der Waals surface area contributed by atoms with E-state index in [1.165, 1.54) is 18.3 Å². The number of nitrogens with zero attached hydrogens (tertiary/aromatic N) is 1. The van der Waals surface area contributed by atoms with Crippen LogP contribution in [0, 0.1) is 0 Å². The number of halogens is 3. The SMILES string of the molecule is Nc1ccc(C(F)(F)F)c(C(=O)c2ccccn2)c1. The van der Waals surface area contributed by atoms with E-state index < -0.39 is 23.1 Å². The van der Waals surface area contributed by atoms with Gasteiger partial charge in [0.2, 0.25) is 5.78 Å². The Labute approximate surface area is 106 Å². The molecule has 0 aliphatic heterocycles. The number of carbonyl (C=O) groups is 1. The summed E-state index contributed by atoms with van der Waals surface area (Å²) in [6.07, 6.45) is -3.28. The molecule has 2 aromatic rings. The van der Waals surface area contributed by atoms with Gasteiger partial charge >= 0.3 is 6.18 Å². The van der Waals surface area contributed by atoms with Crippen LogP contribution in [0.25, 0.3) is 0 Å². The average Bonchev–Trinajstić information content (AvgIpc) is 2.37. The van der Waals surface area contributed by atoms with Crippen molar-refractivity contribution in [2.45, 2.75) is 6.18 Å². The highest BCUT2D eigenvalue weighted by Gasteiger charge is 2.35. The van der Waals surface area contributed by atoms with Gasteiger partial charge in [-0.2, -0.15) is 13.2 Å². The Morgan fingerprint density at radius 3 is 2.47 bits per heavy atom. The van der Waals surface area contributed by atoms with E-state index in [1.807, 2.05) is 0 Å². The monoisotopic (exact) mass is 266 g/mol. The summed E-state index contributed by atoms with van der Waals surface area (Å²) in [4.78, 5) is 15.8. The largest absolute Gasteiger partial charge is 0.417 e. The van der Waals surface area contributed by atoms with Crippen LogP contribution >= 0.6 is 0 Å². The summed E-state index contributed by atoms with van der Waals surface area (Å²) in [7, 11) is 0. The number of pyridine rings is 1. The zero-order chi connectivity index (χ0) is 14.0. The lowest BCUT2D eigenvalue weighted by atomic mass is 10.00. The van der Waals surface area contributed by atoms with Gasteiger partial charge < -0.3 is 5.73 Å². The van der Waals surface area contributed by atoms with E-state index in [4.69, 9.17) is 5.73 Å². The van der Waals surface area contributed by atoms with Crippen LogP contribution in [0.15, 0.2) is 42.6 Å². The van der Waals surface area contributed by atoms with Crippen molar-refractivity contribution in [3.05, 3.63) is 59.4 Å². The molecule has 0 bridgehead atoms. The fraction of sp³-hybridized carbons (Fsp3) is 0.0769. The van der Waals surface area contributed by atoms with Crippen molar-refractivity contribution in [2.24, 2.45) is 0 Å².